The topological polar surface area (TPSA) is 150 Å². The number of rotatable bonds is 7. The van der Waals surface area contributed by atoms with Crippen molar-refractivity contribution < 1.29 is 14.2 Å². The van der Waals surface area contributed by atoms with Crippen LogP contribution in [0.25, 0.3) is 11.5 Å². The molecule has 2 aromatic heterocycles. The highest BCUT2D eigenvalue weighted by Gasteiger charge is 2.29. The molecule has 1 aliphatic heterocycles. The summed E-state index contributed by atoms with van der Waals surface area (Å²) in [6.45, 7) is 3.67. The first-order valence-corrected chi connectivity index (χ1v) is 9.24. The van der Waals surface area contributed by atoms with Crippen molar-refractivity contribution in [3.05, 3.63) is 30.3 Å². The number of hydrogen-bond donors (Lipinski definition) is 2. The number of hydrogen-bond acceptors (Lipinski definition) is 10. The van der Waals surface area contributed by atoms with E-state index in [0.717, 1.165) is 13.1 Å². The van der Waals surface area contributed by atoms with Gasteiger partial charge in [0.25, 0.3) is 0 Å². The molecule has 0 bridgehead atoms. The Labute approximate surface area is 166 Å². The average Bonchev–Trinajstić information content (AvgIpc) is 3.38. The molecular weight excluding hydrogens is 378 g/mol. The predicted molar refractivity (Wildman–Crippen MR) is 102 cm³/mol. The maximum atomic E-state index is 13.1. The molecule has 12 nitrogen and oxygen atoms in total. The Bertz CT molecular complexity index is 937. The Morgan fingerprint density at radius 3 is 2.72 bits per heavy atom. The highest BCUT2D eigenvalue weighted by atomic mass is 16.6. The minimum Gasteiger partial charge on any atom is -0.379 e. The van der Waals surface area contributed by atoms with Crippen LogP contribution < -0.4 is 11.1 Å². The molecule has 0 aliphatic carbocycles. The molecule has 152 valence electrons. The Morgan fingerprint density at radius 1 is 1.21 bits per heavy atom. The molecule has 1 aliphatic rings. The number of aromatic nitrogens is 6. The summed E-state index contributed by atoms with van der Waals surface area (Å²) >= 11 is 0. The van der Waals surface area contributed by atoms with Gasteiger partial charge in [-0.1, -0.05) is 18.2 Å². The van der Waals surface area contributed by atoms with Crippen molar-refractivity contribution in [2.45, 2.75) is 12.5 Å². The first-order chi connectivity index (χ1) is 14.2. The molecule has 12 heteroatoms. The minimum atomic E-state index is -0.681. The maximum Gasteiger partial charge on any atom is 0.249 e. The van der Waals surface area contributed by atoms with Gasteiger partial charge < -0.3 is 15.8 Å². The molecule has 0 saturated carbocycles. The van der Waals surface area contributed by atoms with Gasteiger partial charge in [-0.3, -0.25) is 9.69 Å². The number of ether oxygens (including phenoxy) is 1. The highest BCUT2D eigenvalue weighted by molar-refractivity contribution is 5.94. The van der Waals surface area contributed by atoms with Crippen molar-refractivity contribution in [1.29, 1.82) is 0 Å². The van der Waals surface area contributed by atoms with E-state index in [1.54, 1.807) is 0 Å². The summed E-state index contributed by atoms with van der Waals surface area (Å²) in [6.07, 6.45) is 0.488. The summed E-state index contributed by atoms with van der Waals surface area (Å²) in [6, 6.07) is 8.53. The van der Waals surface area contributed by atoms with Gasteiger partial charge in [-0.05, 0) is 39.3 Å². The van der Waals surface area contributed by atoms with Crippen LogP contribution in [0.3, 0.4) is 0 Å². The van der Waals surface area contributed by atoms with Crippen molar-refractivity contribution in [3.8, 4) is 11.5 Å². The fourth-order valence-electron chi connectivity index (χ4n) is 3.15. The van der Waals surface area contributed by atoms with Gasteiger partial charge in [-0.2, -0.15) is 0 Å². The number of carbonyl (C=O) groups excluding carboxylic acids is 1. The molecule has 3 N–H and O–H groups in total. The third-order valence-corrected chi connectivity index (χ3v) is 4.68. The molecule has 1 unspecified atom stereocenters. The van der Waals surface area contributed by atoms with E-state index in [9.17, 15) is 4.79 Å². The van der Waals surface area contributed by atoms with Gasteiger partial charge >= 0.3 is 0 Å². The lowest BCUT2D eigenvalue weighted by molar-refractivity contribution is -0.119. The summed E-state index contributed by atoms with van der Waals surface area (Å²) in [4.78, 5) is 15.4. The number of carbonyl (C=O) groups is 1. The lowest BCUT2D eigenvalue weighted by Gasteiger charge is -2.28. The Balaban J connectivity index is 1.59. The van der Waals surface area contributed by atoms with Crippen molar-refractivity contribution in [3.63, 3.8) is 0 Å². The number of para-hydroxylation sites is 1. The molecule has 0 spiro atoms. The van der Waals surface area contributed by atoms with E-state index in [1.165, 1.54) is 4.68 Å². The molecule has 1 atom stereocenters. The Hall–Kier alpha value is -3.38. The van der Waals surface area contributed by atoms with E-state index in [1.807, 2.05) is 30.3 Å². The zero-order valence-corrected chi connectivity index (χ0v) is 15.6. The van der Waals surface area contributed by atoms with Crippen molar-refractivity contribution in [2.24, 2.45) is 0 Å². The number of morpholine rings is 1. The number of nitrogen functional groups attached to an aromatic ring is 1. The summed E-state index contributed by atoms with van der Waals surface area (Å²) in [5.74, 6) is 0.0309. The molecule has 4 rings (SSSR count). The van der Waals surface area contributed by atoms with Crippen LogP contribution >= 0.6 is 0 Å². The van der Waals surface area contributed by atoms with Gasteiger partial charge in [0.05, 0.1) is 13.2 Å². The van der Waals surface area contributed by atoms with Crippen LogP contribution in [0, 0.1) is 0 Å². The van der Waals surface area contributed by atoms with Crippen molar-refractivity contribution >= 4 is 17.4 Å². The number of nitrogens with one attached hydrogen (secondary N) is 1. The predicted octanol–water partition coefficient (Wildman–Crippen LogP) is 0.207. The number of nitrogens with two attached hydrogens (primary N) is 1. The second-order valence-corrected chi connectivity index (χ2v) is 6.56. The fourth-order valence-corrected chi connectivity index (χ4v) is 3.15. The second-order valence-electron chi connectivity index (χ2n) is 6.56. The molecule has 1 amide bonds. The van der Waals surface area contributed by atoms with Gasteiger partial charge in [0.2, 0.25) is 11.7 Å². The van der Waals surface area contributed by atoms with Crippen LogP contribution in [0.4, 0.5) is 11.5 Å². The third kappa shape index (κ3) is 4.38. The van der Waals surface area contributed by atoms with E-state index in [0.29, 0.717) is 31.9 Å². The lowest BCUT2D eigenvalue weighted by Crippen LogP contribution is -2.39. The zero-order chi connectivity index (χ0) is 20.1. The third-order valence-electron chi connectivity index (χ3n) is 4.68. The van der Waals surface area contributed by atoms with E-state index in [-0.39, 0.29) is 23.2 Å². The van der Waals surface area contributed by atoms with Crippen molar-refractivity contribution in [1.82, 2.24) is 35.4 Å². The average molecular weight is 399 g/mol. The molecule has 3 heterocycles. The van der Waals surface area contributed by atoms with Crippen LogP contribution in [-0.2, 0) is 9.53 Å². The lowest BCUT2D eigenvalue weighted by atomic mass is 10.1. The van der Waals surface area contributed by atoms with Gasteiger partial charge in [0.1, 0.15) is 6.04 Å². The number of amides is 1. The van der Waals surface area contributed by atoms with Crippen LogP contribution in [-0.4, -0.2) is 74.2 Å². The summed E-state index contributed by atoms with van der Waals surface area (Å²) < 4.78 is 11.5. The number of anilines is 2. The first kappa shape index (κ1) is 19.0. The van der Waals surface area contributed by atoms with Crippen molar-refractivity contribution in [2.75, 3.05) is 43.9 Å². The number of tetrazole rings is 1. The number of nitrogens with zero attached hydrogens (tertiary/aromatic N) is 7. The normalized spacial score (nSPS) is 15.9. The molecule has 29 heavy (non-hydrogen) atoms. The van der Waals surface area contributed by atoms with Gasteiger partial charge in [0, 0.05) is 25.3 Å². The molecular formula is C17H21N9O3. The van der Waals surface area contributed by atoms with E-state index in [2.05, 4.69) is 40.7 Å². The molecule has 1 fully saturated rings. The SMILES string of the molecule is Nc1nonc1-c1nnnn1C(CCN1CCOCC1)C(=O)Nc1ccccc1. The number of benzene rings is 1. The smallest absolute Gasteiger partial charge is 0.249 e. The van der Waals surface area contributed by atoms with E-state index >= 15 is 0 Å². The summed E-state index contributed by atoms with van der Waals surface area (Å²) in [5.41, 5.74) is 6.67. The Kier molecular flexibility index (Phi) is 5.72. The minimum absolute atomic E-state index is 0.0523. The highest BCUT2D eigenvalue weighted by Crippen LogP contribution is 2.24. The molecule has 3 aromatic rings. The fraction of sp³-hybridized carbons (Fsp3) is 0.412. The zero-order valence-electron chi connectivity index (χ0n) is 15.6. The quantitative estimate of drug-likeness (QED) is 0.564. The van der Waals surface area contributed by atoms with E-state index in [4.69, 9.17) is 10.5 Å². The molecule has 1 aromatic carbocycles. The largest absolute Gasteiger partial charge is 0.379 e. The van der Waals surface area contributed by atoms with Gasteiger partial charge in [0.15, 0.2) is 11.5 Å². The van der Waals surface area contributed by atoms with Crippen LogP contribution in [0.15, 0.2) is 35.0 Å². The second kappa shape index (κ2) is 8.75. The standard InChI is InChI=1S/C17H21N9O3/c18-15-14(21-29-22-15)16-20-23-24-26(16)13(6-7-25-8-10-28-11-9-25)17(27)19-12-4-2-1-3-5-12/h1-5,13H,6-11H2,(H2,18,22)(H,19,27). The monoisotopic (exact) mass is 399 g/mol. The Morgan fingerprint density at radius 2 is 2.00 bits per heavy atom. The maximum absolute atomic E-state index is 13.1. The van der Waals surface area contributed by atoms with Gasteiger partial charge in [-0.25, -0.2) is 9.31 Å². The van der Waals surface area contributed by atoms with Crippen LogP contribution in [0.2, 0.25) is 0 Å². The summed E-state index contributed by atoms with van der Waals surface area (Å²) in [5, 5.41) is 21.9. The van der Waals surface area contributed by atoms with Crippen LogP contribution in [0.1, 0.15) is 12.5 Å². The molecule has 1 saturated heterocycles. The van der Waals surface area contributed by atoms with Crippen LogP contribution in [0.5, 0.6) is 0 Å². The van der Waals surface area contributed by atoms with E-state index < -0.39 is 6.04 Å². The first-order valence-electron chi connectivity index (χ1n) is 9.24. The summed E-state index contributed by atoms with van der Waals surface area (Å²) in [7, 11) is 0. The van der Waals surface area contributed by atoms with Gasteiger partial charge in [-0.15, -0.1) is 5.10 Å². The molecule has 0 radical (unpaired) electrons.